The maximum absolute atomic E-state index is 11.7. The third-order valence-electron chi connectivity index (χ3n) is 3.88. The Hall–Kier alpha value is -1.26. The van der Waals surface area contributed by atoms with Crippen LogP contribution in [0.25, 0.3) is 0 Å². The van der Waals surface area contributed by atoms with Crippen molar-refractivity contribution in [1.82, 2.24) is 0 Å². The molecule has 2 N–H and O–H groups in total. The van der Waals surface area contributed by atoms with Crippen molar-refractivity contribution in [3.05, 3.63) is 28.8 Å². The number of aliphatic hydroxyl groups excluding tert-OH is 1. The van der Waals surface area contributed by atoms with Gasteiger partial charge in [0.05, 0.1) is 19.3 Å². The highest BCUT2D eigenvalue weighted by molar-refractivity contribution is 6.31. The van der Waals surface area contributed by atoms with Crippen molar-refractivity contribution in [2.75, 3.05) is 25.6 Å². The van der Waals surface area contributed by atoms with Crippen LogP contribution < -0.4 is 5.32 Å². The Morgan fingerprint density at radius 2 is 2.05 bits per heavy atom. The molecule has 0 aliphatic carbocycles. The van der Waals surface area contributed by atoms with E-state index in [2.05, 4.69) is 5.32 Å². The van der Waals surface area contributed by atoms with Gasteiger partial charge in [0.1, 0.15) is 0 Å². The molecule has 0 bridgehead atoms. The fourth-order valence-corrected chi connectivity index (χ4v) is 2.18. The first-order chi connectivity index (χ1) is 9.51. The van der Waals surface area contributed by atoms with Crippen LogP contribution in [0.2, 0.25) is 5.02 Å². The molecule has 0 spiro atoms. The summed E-state index contributed by atoms with van der Waals surface area (Å²) in [6.07, 6.45) is 1.71. The highest BCUT2D eigenvalue weighted by Gasteiger charge is 2.25. The number of carbonyl (C=O) groups is 1. The van der Waals surface area contributed by atoms with E-state index in [0.717, 1.165) is 12.8 Å². The zero-order chi connectivity index (χ0) is 15.2. The zero-order valence-corrected chi connectivity index (χ0v) is 13.0. The number of hydrogen-bond donors (Lipinski definition) is 2. The Bertz CT molecular complexity index is 450. The number of benzene rings is 1. The molecule has 0 heterocycles. The predicted octanol–water partition coefficient (Wildman–Crippen LogP) is 3.34. The van der Waals surface area contributed by atoms with Crippen molar-refractivity contribution < 1.29 is 14.6 Å². The van der Waals surface area contributed by atoms with Crippen LogP contribution in [0.1, 0.15) is 37.0 Å². The summed E-state index contributed by atoms with van der Waals surface area (Å²) in [5.74, 6) is -0.433. The molecule has 0 radical (unpaired) electrons. The van der Waals surface area contributed by atoms with E-state index in [1.165, 1.54) is 7.11 Å². The summed E-state index contributed by atoms with van der Waals surface area (Å²) in [6.45, 7) is 4.78. The van der Waals surface area contributed by atoms with Gasteiger partial charge in [-0.05, 0) is 31.0 Å². The highest BCUT2D eigenvalue weighted by atomic mass is 35.5. The monoisotopic (exact) mass is 299 g/mol. The Balaban J connectivity index is 2.95. The summed E-state index contributed by atoms with van der Waals surface area (Å²) in [6, 6.07) is 5.05. The molecule has 0 unspecified atom stereocenters. The van der Waals surface area contributed by atoms with Crippen LogP contribution in [0.15, 0.2) is 18.2 Å². The lowest BCUT2D eigenvalue weighted by molar-refractivity contribution is 0.0601. The summed E-state index contributed by atoms with van der Waals surface area (Å²) in [5, 5.41) is 13.3. The van der Waals surface area contributed by atoms with Gasteiger partial charge < -0.3 is 15.2 Å². The molecule has 0 aliphatic heterocycles. The van der Waals surface area contributed by atoms with Crippen LogP contribution in [-0.2, 0) is 4.74 Å². The lowest BCUT2D eigenvalue weighted by Gasteiger charge is -2.30. The second-order valence-corrected chi connectivity index (χ2v) is 5.34. The number of hydrogen-bond acceptors (Lipinski definition) is 4. The first kappa shape index (κ1) is 16.8. The first-order valence-corrected chi connectivity index (χ1v) is 7.12. The van der Waals surface area contributed by atoms with Crippen molar-refractivity contribution in [1.29, 1.82) is 0 Å². The standard InChI is InChI=1S/C15H22ClNO3/c1-4-15(5-2,10-18)9-17-13-7-6-11(16)8-12(13)14(19)20-3/h6-8,17-18H,4-5,9-10H2,1-3H3. The Morgan fingerprint density at radius 1 is 1.40 bits per heavy atom. The van der Waals surface area contributed by atoms with Gasteiger partial charge in [0.2, 0.25) is 0 Å². The van der Waals surface area contributed by atoms with E-state index in [4.69, 9.17) is 16.3 Å². The van der Waals surface area contributed by atoms with Crippen LogP contribution in [-0.4, -0.2) is 31.3 Å². The van der Waals surface area contributed by atoms with Gasteiger partial charge in [0, 0.05) is 22.7 Å². The molecule has 0 aromatic heterocycles. The van der Waals surface area contributed by atoms with Gasteiger partial charge in [-0.3, -0.25) is 0 Å². The summed E-state index contributed by atoms with van der Waals surface area (Å²) in [4.78, 5) is 11.7. The number of ether oxygens (including phenoxy) is 1. The minimum Gasteiger partial charge on any atom is -0.465 e. The summed E-state index contributed by atoms with van der Waals surface area (Å²) in [7, 11) is 1.34. The molecule has 0 saturated carbocycles. The summed E-state index contributed by atoms with van der Waals surface area (Å²) < 4.78 is 4.76. The molecule has 4 nitrogen and oxygen atoms in total. The molecule has 1 aromatic rings. The van der Waals surface area contributed by atoms with Crippen molar-refractivity contribution in [2.45, 2.75) is 26.7 Å². The summed E-state index contributed by atoms with van der Waals surface area (Å²) >= 11 is 5.91. The fourth-order valence-electron chi connectivity index (χ4n) is 2.01. The number of esters is 1. The van der Waals surface area contributed by atoms with Gasteiger partial charge in [0.15, 0.2) is 0 Å². The topological polar surface area (TPSA) is 58.6 Å². The molecule has 0 saturated heterocycles. The molecule has 0 fully saturated rings. The fraction of sp³-hybridized carbons (Fsp3) is 0.533. The quantitative estimate of drug-likeness (QED) is 0.758. The maximum atomic E-state index is 11.7. The third kappa shape index (κ3) is 3.87. The second kappa shape index (κ2) is 7.50. The average Bonchev–Trinajstić information content (AvgIpc) is 2.49. The van der Waals surface area contributed by atoms with Gasteiger partial charge in [-0.2, -0.15) is 0 Å². The van der Waals surface area contributed by atoms with Crippen LogP contribution in [0.3, 0.4) is 0 Å². The summed E-state index contributed by atoms with van der Waals surface area (Å²) in [5.41, 5.74) is 0.882. The first-order valence-electron chi connectivity index (χ1n) is 6.74. The van der Waals surface area contributed by atoms with Crippen molar-refractivity contribution in [3.63, 3.8) is 0 Å². The van der Waals surface area contributed by atoms with E-state index < -0.39 is 5.97 Å². The van der Waals surface area contributed by atoms with Gasteiger partial charge in [-0.25, -0.2) is 4.79 Å². The van der Waals surface area contributed by atoms with Crippen molar-refractivity contribution >= 4 is 23.3 Å². The third-order valence-corrected chi connectivity index (χ3v) is 4.11. The van der Waals surface area contributed by atoms with E-state index in [-0.39, 0.29) is 12.0 Å². The molecule has 112 valence electrons. The number of rotatable bonds is 7. The molecule has 20 heavy (non-hydrogen) atoms. The number of carbonyl (C=O) groups excluding carboxylic acids is 1. The average molecular weight is 300 g/mol. The Labute approximate surface area is 125 Å². The minimum atomic E-state index is -0.433. The molecule has 0 amide bonds. The molecule has 1 aromatic carbocycles. The molecule has 5 heteroatoms. The Kier molecular flexibility index (Phi) is 6.30. The number of halogens is 1. The van der Waals surface area contributed by atoms with Gasteiger partial charge in [0.25, 0.3) is 0 Å². The molecule has 1 rings (SSSR count). The minimum absolute atomic E-state index is 0.105. The molecule has 0 aliphatic rings. The van der Waals surface area contributed by atoms with Crippen LogP contribution in [0, 0.1) is 5.41 Å². The second-order valence-electron chi connectivity index (χ2n) is 4.90. The maximum Gasteiger partial charge on any atom is 0.340 e. The smallest absolute Gasteiger partial charge is 0.340 e. The van der Waals surface area contributed by atoms with E-state index in [0.29, 0.717) is 22.8 Å². The lowest BCUT2D eigenvalue weighted by atomic mass is 9.83. The van der Waals surface area contributed by atoms with Gasteiger partial charge >= 0.3 is 5.97 Å². The van der Waals surface area contributed by atoms with Gasteiger partial charge in [-0.15, -0.1) is 0 Å². The lowest BCUT2D eigenvalue weighted by Crippen LogP contribution is -2.32. The van der Waals surface area contributed by atoms with E-state index >= 15 is 0 Å². The van der Waals surface area contributed by atoms with E-state index in [1.54, 1.807) is 18.2 Å². The number of nitrogens with one attached hydrogen (secondary N) is 1. The van der Waals surface area contributed by atoms with Crippen LogP contribution in [0.5, 0.6) is 0 Å². The predicted molar refractivity (Wildman–Crippen MR) is 81.4 cm³/mol. The largest absolute Gasteiger partial charge is 0.465 e. The molecular formula is C15H22ClNO3. The molecular weight excluding hydrogens is 278 g/mol. The number of anilines is 1. The van der Waals surface area contributed by atoms with Crippen LogP contribution in [0.4, 0.5) is 5.69 Å². The SMILES string of the molecule is CCC(CC)(CO)CNc1ccc(Cl)cc1C(=O)OC. The van der Waals surface area contributed by atoms with Crippen molar-refractivity contribution in [2.24, 2.45) is 5.41 Å². The Morgan fingerprint density at radius 3 is 2.55 bits per heavy atom. The molecule has 0 atom stereocenters. The van der Waals surface area contributed by atoms with E-state index in [1.807, 2.05) is 13.8 Å². The number of aliphatic hydroxyl groups is 1. The van der Waals surface area contributed by atoms with Gasteiger partial charge in [-0.1, -0.05) is 25.4 Å². The van der Waals surface area contributed by atoms with E-state index in [9.17, 15) is 9.90 Å². The van der Waals surface area contributed by atoms with Crippen molar-refractivity contribution in [3.8, 4) is 0 Å². The zero-order valence-electron chi connectivity index (χ0n) is 12.2. The number of methoxy groups -OCH3 is 1. The normalized spacial score (nSPS) is 11.2. The highest BCUT2D eigenvalue weighted by Crippen LogP contribution is 2.28. The van der Waals surface area contributed by atoms with Crippen LogP contribution >= 0.6 is 11.6 Å².